The number of nitrogens with zero attached hydrogens (tertiary/aromatic N) is 1. The third-order valence-electron chi connectivity index (χ3n) is 2.34. The molecule has 0 N–H and O–H groups in total. The minimum atomic E-state index is -0.185. The topological polar surface area (TPSA) is 37.4 Å². The molecule has 0 saturated carbocycles. The summed E-state index contributed by atoms with van der Waals surface area (Å²) in [6, 6.07) is 6.78. The Bertz CT molecular complexity index is 449. The summed E-state index contributed by atoms with van der Waals surface area (Å²) in [5, 5.41) is 0.334. The van der Waals surface area contributed by atoms with Crippen LogP contribution in [0.1, 0.15) is 6.92 Å². The van der Waals surface area contributed by atoms with E-state index in [2.05, 4.69) is 0 Å². The van der Waals surface area contributed by atoms with Gasteiger partial charge in [0.15, 0.2) is 0 Å². The van der Waals surface area contributed by atoms with Crippen molar-refractivity contribution in [3.8, 4) is 0 Å². The van der Waals surface area contributed by atoms with E-state index in [1.165, 1.54) is 16.7 Å². The number of hydrogen-bond donors (Lipinski definition) is 0. The van der Waals surface area contributed by atoms with Crippen LogP contribution in [-0.2, 0) is 9.59 Å². The Balaban J connectivity index is 2.37. The van der Waals surface area contributed by atoms with Crippen LogP contribution in [0.3, 0.4) is 0 Å². The summed E-state index contributed by atoms with van der Waals surface area (Å²) < 4.78 is 0. The molecule has 0 aromatic heterocycles. The number of anilines is 1. The summed E-state index contributed by atoms with van der Waals surface area (Å²) in [5.74, 6) is -0.0294. The van der Waals surface area contributed by atoms with Crippen molar-refractivity contribution in [2.45, 2.75) is 12.2 Å². The standard InChI is InChI=1S/C11H10ClNO2S/c1-7-11(15)13(10(14)6-16-7)9-4-2-3-8(12)5-9/h2-5,7H,6H2,1H3. The summed E-state index contributed by atoms with van der Waals surface area (Å²) in [6.07, 6.45) is 0. The van der Waals surface area contributed by atoms with E-state index < -0.39 is 0 Å². The zero-order valence-corrected chi connectivity index (χ0v) is 10.2. The molecule has 84 valence electrons. The van der Waals surface area contributed by atoms with Crippen molar-refractivity contribution in [3.63, 3.8) is 0 Å². The van der Waals surface area contributed by atoms with Gasteiger partial charge in [0.2, 0.25) is 11.8 Å². The fourth-order valence-electron chi connectivity index (χ4n) is 1.52. The largest absolute Gasteiger partial charge is 0.273 e. The molecule has 1 atom stereocenters. The Morgan fingerprint density at radius 2 is 2.19 bits per heavy atom. The van der Waals surface area contributed by atoms with Gasteiger partial charge in [0.1, 0.15) is 0 Å². The van der Waals surface area contributed by atoms with Crippen LogP contribution in [0.4, 0.5) is 5.69 Å². The van der Waals surface area contributed by atoms with Crippen LogP contribution < -0.4 is 4.90 Å². The Morgan fingerprint density at radius 3 is 2.88 bits per heavy atom. The van der Waals surface area contributed by atoms with Gasteiger partial charge in [-0.3, -0.25) is 9.59 Å². The van der Waals surface area contributed by atoms with Crippen molar-refractivity contribution in [1.82, 2.24) is 0 Å². The van der Waals surface area contributed by atoms with E-state index in [-0.39, 0.29) is 17.1 Å². The molecule has 1 heterocycles. The molecule has 1 aromatic rings. The predicted octanol–water partition coefficient (Wildman–Crippen LogP) is 2.33. The highest BCUT2D eigenvalue weighted by Gasteiger charge is 2.33. The maximum Gasteiger partial charge on any atom is 0.246 e. The number of benzene rings is 1. The lowest BCUT2D eigenvalue weighted by atomic mass is 10.2. The van der Waals surface area contributed by atoms with E-state index in [0.29, 0.717) is 16.5 Å². The Kier molecular flexibility index (Phi) is 3.21. The average molecular weight is 256 g/mol. The number of amides is 2. The number of hydrogen-bond acceptors (Lipinski definition) is 3. The van der Waals surface area contributed by atoms with Crippen LogP contribution in [-0.4, -0.2) is 22.8 Å². The molecule has 1 unspecified atom stereocenters. The van der Waals surface area contributed by atoms with Gasteiger partial charge in [-0.15, -0.1) is 11.8 Å². The summed E-state index contributed by atoms with van der Waals surface area (Å²) in [4.78, 5) is 24.8. The maximum atomic E-state index is 11.9. The molecule has 2 amide bonds. The number of imide groups is 1. The quantitative estimate of drug-likeness (QED) is 0.723. The zero-order valence-electron chi connectivity index (χ0n) is 8.64. The fourth-order valence-corrected chi connectivity index (χ4v) is 2.48. The lowest BCUT2D eigenvalue weighted by Crippen LogP contribution is -2.46. The fraction of sp³-hybridized carbons (Fsp3) is 0.273. The highest BCUT2D eigenvalue weighted by molar-refractivity contribution is 8.01. The summed E-state index contributed by atoms with van der Waals surface area (Å²) in [5.41, 5.74) is 0.551. The predicted molar refractivity (Wildman–Crippen MR) is 65.9 cm³/mol. The van der Waals surface area contributed by atoms with Crippen molar-refractivity contribution in [1.29, 1.82) is 0 Å². The number of halogens is 1. The third kappa shape index (κ3) is 2.08. The van der Waals surface area contributed by atoms with E-state index in [1.807, 2.05) is 0 Å². The van der Waals surface area contributed by atoms with Gasteiger partial charge in [0, 0.05) is 5.02 Å². The molecule has 16 heavy (non-hydrogen) atoms. The van der Waals surface area contributed by atoms with E-state index in [1.54, 1.807) is 31.2 Å². The maximum absolute atomic E-state index is 11.9. The van der Waals surface area contributed by atoms with Crippen LogP contribution in [0, 0.1) is 0 Å². The molecule has 5 heteroatoms. The number of thioether (sulfide) groups is 1. The van der Waals surface area contributed by atoms with Gasteiger partial charge in [-0.25, -0.2) is 4.90 Å². The van der Waals surface area contributed by atoms with Crippen LogP contribution in [0.5, 0.6) is 0 Å². The normalized spacial score (nSPS) is 21.4. The minimum absolute atomic E-state index is 0.177. The Hall–Kier alpha value is -1.00. The summed E-state index contributed by atoms with van der Waals surface area (Å²) in [6.45, 7) is 1.80. The smallest absolute Gasteiger partial charge is 0.246 e. The molecule has 0 radical (unpaired) electrons. The minimum Gasteiger partial charge on any atom is -0.273 e. The van der Waals surface area contributed by atoms with Gasteiger partial charge < -0.3 is 0 Å². The molecule has 2 rings (SSSR count). The number of carbonyl (C=O) groups excluding carboxylic acids is 2. The first-order chi connectivity index (χ1) is 7.59. The monoisotopic (exact) mass is 255 g/mol. The van der Waals surface area contributed by atoms with Crippen molar-refractivity contribution in [2.75, 3.05) is 10.7 Å². The van der Waals surface area contributed by atoms with Crippen molar-refractivity contribution < 1.29 is 9.59 Å². The summed E-state index contributed by atoms with van der Waals surface area (Å²) in [7, 11) is 0. The third-order valence-corrected chi connectivity index (χ3v) is 3.69. The SMILES string of the molecule is CC1SCC(=O)N(c2cccc(Cl)c2)C1=O. The second kappa shape index (κ2) is 4.47. The first-order valence-electron chi connectivity index (χ1n) is 4.83. The zero-order chi connectivity index (χ0) is 11.7. The molecule has 1 saturated heterocycles. The highest BCUT2D eigenvalue weighted by atomic mass is 35.5. The van der Waals surface area contributed by atoms with Crippen molar-refractivity contribution in [2.24, 2.45) is 0 Å². The molecule has 0 bridgehead atoms. The van der Waals surface area contributed by atoms with Gasteiger partial charge in [-0.05, 0) is 25.1 Å². The highest BCUT2D eigenvalue weighted by Crippen LogP contribution is 2.27. The molecule has 0 aliphatic carbocycles. The molecule has 1 aliphatic heterocycles. The molecule has 1 aliphatic rings. The Morgan fingerprint density at radius 1 is 1.44 bits per heavy atom. The second-order valence-corrected chi connectivity index (χ2v) is 5.27. The molecule has 3 nitrogen and oxygen atoms in total. The van der Waals surface area contributed by atoms with Crippen LogP contribution in [0.15, 0.2) is 24.3 Å². The van der Waals surface area contributed by atoms with Gasteiger partial charge in [-0.2, -0.15) is 0 Å². The first-order valence-corrected chi connectivity index (χ1v) is 6.26. The van der Waals surface area contributed by atoms with E-state index in [4.69, 9.17) is 11.6 Å². The van der Waals surface area contributed by atoms with E-state index >= 15 is 0 Å². The second-order valence-electron chi connectivity index (χ2n) is 3.50. The van der Waals surface area contributed by atoms with Crippen molar-refractivity contribution in [3.05, 3.63) is 29.3 Å². The van der Waals surface area contributed by atoms with Crippen LogP contribution >= 0.6 is 23.4 Å². The van der Waals surface area contributed by atoms with Gasteiger partial charge in [0.25, 0.3) is 0 Å². The number of carbonyl (C=O) groups is 2. The van der Waals surface area contributed by atoms with Gasteiger partial charge in [-0.1, -0.05) is 17.7 Å². The van der Waals surface area contributed by atoms with Gasteiger partial charge in [0.05, 0.1) is 16.7 Å². The van der Waals surface area contributed by atoms with E-state index in [9.17, 15) is 9.59 Å². The lowest BCUT2D eigenvalue weighted by Gasteiger charge is -2.28. The first kappa shape index (κ1) is 11.5. The average Bonchev–Trinajstić information content (AvgIpc) is 2.24. The summed E-state index contributed by atoms with van der Waals surface area (Å²) >= 11 is 7.20. The molecular weight excluding hydrogens is 246 g/mol. The lowest BCUT2D eigenvalue weighted by molar-refractivity contribution is -0.125. The van der Waals surface area contributed by atoms with E-state index in [0.717, 1.165) is 0 Å². The Labute approximate surface area is 103 Å². The molecule has 0 spiro atoms. The molecule has 1 aromatic carbocycles. The van der Waals surface area contributed by atoms with Crippen LogP contribution in [0.25, 0.3) is 0 Å². The van der Waals surface area contributed by atoms with Crippen LogP contribution in [0.2, 0.25) is 5.02 Å². The van der Waals surface area contributed by atoms with Crippen molar-refractivity contribution >= 4 is 40.9 Å². The molecular formula is C11H10ClNO2S. The number of rotatable bonds is 1. The van der Waals surface area contributed by atoms with Gasteiger partial charge >= 0.3 is 0 Å². The molecule has 1 fully saturated rings.